The number of benzene rings is 2. The zero-order valence-corrected chi connectivity index (χ0v) is 12.3. The first kappa shape index (κ1) is 13.9. The largest absolute Gasteiger partial charge is 0.392 e. The molecule has 1 heterocycles. The van der Waals surface area contributed by atoms with E-state index in [0.29, 0.717) is 0 Å². The Balaban J connectivity index is 1.67. The molecule has 0 bridgehead atoms. The monoisotopic (exact) mass is 296 g/mol. The minimum Gasteiger partial charge on any atom is -0.392 e. The fourth-order valence-electron chi connectivity index (χ4n) is 2.05. The van der Waals surface area contributed by atoms with Crippen molar-refractivity contribution < 1.29 is 5.11 Å². The molecular weight excluding hydrogens is 280 g/mol. The molecule has 0 radical (unpaired) electrons. The third-order valence-electron chi connectivity index (χ3n) is 3.13. The van der Waals surface area contributed by atoms with Gasteiger partial charge in [0.15, 0.2) is 0 Å². The van der Waals surface area contributed by atoms with Gasteiger partial charge in [-0.1, -0.05) is 30.3 Å². The van der Waals surface area contributed by atoms with Crippen molar-refractivity contribution in [1.82, 2.24) is 9.78 Å². The van der Waals surface area contributed by atoms with Crippen LogP contribution in [0.25, 0.3) is 5.69 Å². The number of thioether (sulfide) groups is 1. The van der Waals surface area contributed by atoms with E-state index in [1.807, 2.05) is 65.5 Å². The molecule has 21 heavy (non-hydrogen) atoms. The van der Waals surface area contributed by atoms with Gasteiger partial charge in [0.25, 0.3) is 0 Å². The summed E-state index contributed by atoms with van der Waals surface area (Å²) in [7, 11) is 0. The normalized spacial score (nSPS) is 10.7. The van der Waals surface area contributed by atoms with E-state index >= 15 is 0 Å². The van der Waals surface area contributed by atoms with Gasteiger partial charge in [-0.2, -0.15) is 5.10 Å². The summed E-state index contributed by atoms with van der Waals surface area (Å²) >= 11 is 1.72. The molecule has 3 rings (SSSR count). The summed E-state index contributed by atoms with van der Waals surface area (Å²) < 4.78 is 1.89. The second-order valence-electron chi connectivity index (χ2n) is 4.68. The lowest BCUT2D eigenvalue weighted by molar-refractivity contribution is 0.281. The maximum Gasteiger partial charge on any atom is 0.0731 e. The quantitative estimate of drug-likeness (QED) is 0.730. The van der Waals surface area contributed by atoms with Gasteiger partial charge in [-0.05, 0) is 35.9 Å². The van der Waals surface area contributed by atoms with E-state index in [-0.39, 0.29) is 6.61 Å². The Labute approximate surface area is 128 Å². The summed E-state index contributed by atoms with van der Waals surface area (Å²) in [6, 6.07) is 20.1. The predicted molar refractivity (Wildman–Crippen MR) is 85.5 cm³/mol. The highest BCUT2D eigenvalue weighted by Gasteiger charge is 2.02. The fraction of sp³-hybridized carbons (Fsp3) is 0.118. The molecule has 4 heteroatoms. The number of aliphatic hydroxyl groups excluding tert-OH is 1. The summed E-state index contributed by atoms with van der Waals surface area (Å²) in [5.74, 6) is 0.814. The first-order valence-corrected chi connectivity index (χ1v) is 7.76. The smallest absolute Gasteiger partial charge is 0.0731 e. The fourth-order valence-corrected chi connectivity index (χ4v) is 2.93. The van der Waals surface area contributed by atoms with Crippen LogP contribution < -0.4 is 0 Å². The van der Waals surface area contributed by atoms with Gasteiger partial charge in [0, 0.05) is 16.8 Å². The van der Waals surface area contributed by atoms with Crippen LogP contribution >= 0.6 is 11.8 Å². The number of nitrogens with zero attached hydrogens (tertiary/aromatic N) is 2. The molecule has 3 nitrogen and oxygen atoms in total. The van der Waals surface area contributed by atoms with Crippen LogP contribution in [0.4, 0.5) is 0 Å². The number of hydrogen-bond acceptors (Lipinski definition) is 3. The molecule has 1 aromatic heterocycles. The van der Waals surface area contributed by atoms with Crippen LogP contribution in [0.2, 0.25) is 0 Å². The molecule has 0 fully saturated rings. The van der Waals surface area contributed by atoms with Gasteiger partial charge >= 0.3 is 0 Å². The van der Waals surface area contributed by atoms with E-state index in [1.54, 1.807) is 11.8 Å². The van der Waals surface area contributed by atoms with Crippen molar-refractivity contribution >= 4 is 11.8 Å². The number of para-hydroxylation sites is 1. The lowest BCUT2D eigenvalue weighted by Crippen LogP contribution is -1.95. The highest BCUT2D eigenvalue weighted by Crippen LogP contribution is 2.23. The second kappa shape index (κ2) is 6.61. The lowest BCUT2D eigenvalue weighted by atomic mass is 10.2. The van der Waals surface area contributed by atoms with Crippen LogP contribution in [0.1, 0.15) is 11.3 Å². The van der Waals surface area contributed by atoms with E-state index in [1.165, 1.54) is 0 Å². The third kappa shape index (κ3) is 3.54. The van der Waals surface area contributed by atoms with Gasteiger partial charge < -0.3 is 5.11 Å². The maximum atomic E-state index is 9.15. The first-order chi connectivity index (χ1) is 10.3. The highest BCUT2D eigenvalue weighted by molar-refractivity contribution is 7.98. The highest BCUT2D eigenvalue weighted by atomic mass is 32.2. The lowest BCUT2D eigenvalue weighted by Gasteiger charge is -2.02. The topological polar surface area (TPSA) is 38.0 Å². The molecule has 2 aromatic carbocycles. The molecule has 1 N–H and O–H groups in total. The van der Waals surface area contributed by atoms with Gasteiger partial charge in [0.2, 0.25) is 0 Å². The summed E-state index contributed by atoms with van der Waals surface area (Å²) in [6.07, 6.45) is 1.98. The molecule has 0 spiro atoms. The molecule has 0 atom stereocenters. The predicted octanol–water partition coefficient (Wildman–Crippen LogP) is 3.66. The van der Waals surface area contributed by atoms with Gasteiger partial charge in [0.05, 0.1) is 18.0 Å². The molecule has 0 aliphatic rings. The summed E-state index contributed by atoms with van der Waals surface area (Å²) in [5, 5.41) is 13.7. The van der Waals surface area contributed by atoms with Crippen molar-refractivity contribution in [2.45, 2.75) is 17.3 Å². The average Bonchev–Trinajstić information content (AvgIpc) is 3.03. The summed E-state index contributed by atoms with van der Waals surface area (Å²) in [5.41, 5.74) is 3.05. The Hall–Kier alpha value is -2.04. The van der Waals surface area contributed by atoms with Crippen molar-refractivity contribution in [1.29, 1.82) is 0 Å². The van der Waals surface area contributed by atoms with Crippen LogP contribution in [0.3, 0.4) is 0 Å². The van der Waals surface area contributed by atoms with Gasteiger partial charge in [-0.25, -0.2) is 4.68 Å². The molecule has 0 aliphatic heterocycles. The number of hydrogen-bond donors (Lipinski definition) is 1. The van der Waals surface area contributed by atoms with Gasteiger partial charge in [-0.15, -0.1) is 11.8 Å². The Kier molecular flexibility index (Phi) is 4.38. The molecule has 0 aliphatic carbocycles. The molecule has 3 aromatic rings. The van der Waals surface area contributed by atoms with Crippen LogP contribution in [0.15, 0.2) is 71.8 Å². The van der Waals surface area contributed by atoms with E-state index in [0.717, 1.165) is 27.6 Å². The second-order valence-corrected chi connectivity index (χ2v) is 5.73. The Morgan fingerprint density at radius 1 is 1.00 bits per heavy atom. The van der Waals surface area contributed by atoms with Crippen LogP contribution in [-0.2, 0) is 12.4 Å². The van der Waals surface area contributed by atoms with Crippen molar-refractivity contribution in [2.24, 2.45) is 0 Å². The van der Waals surface area contributed by atoms with Gasteiger partial charge in [-0.3, -0.25) is 0 Å². The van der Waals surface area contributed by atoms with Crippen molar-refractivity contribution in [3.8, 4) is 5.69 Å². The first-order valence-electron chi connectivity index (χ1n) is 6.78. The SMILES string of the molecule is OCc1cccc(SCc2ccn(-c3ccccc3)n2)c1. The Bertz CT molecular complexity index is 710. The zero-order valence-electron chi connectivity index (χ0n) is 11.5. The number of aromatic nitrogens is 2. The molecular formula is C17H16N2OS. The molecule has 0 unspecified atom stereocenters. The summed E-state index contributed by atoms with van der Waals surface area (Å²) in [6.45, 7) is 0.0804. The maximum absolute atomic E-state index is 9.15. The molecule has 0 amide bonds. The Morgan fingerprint density at radius 2 is 1.86 bits per heavy atom. The minimum atomic E-state index is 0.0804. The molecule has 106 valence electrons. The van der Waals surface area contributed by atoms with Crippen LogP contribution in [0, 0.1) is 0 Å². The van der Waals surface area contributed by atoms with E-state index < -0.39 is 0 Å². The zero-order chi connectivity index (χ0) is 14.5. The molecule has 0 saturated carbocycles. The standard InChI is InChI=1S/C17H16N2OS/c20-12-14-5-4-8-17(11-14)21-13-15-9-10-19(18-15)16-6-2-1-3-7-16/h1-11,20H,12-13H2. The average molecular weight is 296 g/mol. The van der Waals surface area contributed by atoms with Crippen molar-refractivity contribution in [3.63, 3.8) is 0 Å². The third-order valence-corrected chi connectivity index (χ3v) is 4.16. The number of aliphatic hydroxyl groups is 1. The van der Waals surface area contributed by atoms with Crippen molar-refractivity contribution in [3.05, 3.63) is 78.1 Å². The van der Waals surface area contributed by atoms with E-state index in [4.69, 9.17) is 5.11 Å². The molecule has 0 saturated heterocycles. The van der Waals surface area contributed by atoms with Crippen LogP contribution in [0.5, 0.6) is 0 Å². The minimum absolute atomic E-state index is 0.0804. The van der Waals surface area contributed by atoms with Gasteiger partial charge in [0.1, 0.15) is 0 Å². The number of rotatable bonds is 5. The van der Waals surface area contributed by atoms with Crippen molar-refractivity contribution in [2.75, 3.05) is 0 Å². The van der Waals surface area contributed by atoms with E-state index in [9.17, 15) is 0 Å². The van der Waals surface area contributed by atoms with Crippen LogP contribution in [-0.4, -0.2) is 14.9 Å². The Morgan fingerprint density at radius 3 is 2.67 bits per heavy atom. The van der Waals surface area contributed by atoms with E-state index in [2.05, 4.69) is 11.2 Å². The summed E-state index contributed by atoms with van der Waals surface area (Å²) in [4.78, 5) is 1.15.